The summed E-state index contributed by atoms with van der Waals surface area (Å²) in [6.45, 7) is 2.17. The molecule has 1 nitrogen and oxygen atoms in total. The zero-order valence-electron chi connectivity index (χ0n) is 10.7. The maximum Gasteiger partial charge on any atom is 0.0555 e. The van der Waals surface area contributed by atoms with Crippen molar-refractivity contribution in [1.29, 1.82) is 0 Å². The summed E-state index contributed by atoms with van der Waals surface area (Å²) in [6, 6.07) is 15.9. The second-order valence-corrected chi connectivity index (χ2v) is 5.66. The van der Waals surface area contributed by atoms with E-state index in [2.05, 4.69) is 61.0 Å². The van der Waals surface area contributed by atoms with E-state index in [4.69, 9.17) is 0 Å². The average Bonchev–Trinajstić information content (AvgIpc) is 2.84. The molecule has 1 heterocycles. The van der Waals surface area contributed by atoms with Gasteiger partial charge in [0.2, 0.25) is 0 Å². The van der Waals surface area contributed by atoms with Gasteiger partial charge in [0.05, 0.1) is 6.04 Å². The van der Waals surface area contributed by atoms with Gasteiger partial charge in [0.1, 0.15) is 0 Å². The number of fused-ring (bicyclic) bond motifs is 1. The van der Waals surface area contributed by atoms with Crippen molar-refractivity contribution in [3.05, 3.63) is 59.2 Å². The van der Waals surface area contributed by atoms with E-state index in [0.717, 1.165) is 6.42 Å². The molecule has 0 amide bonds. The summed E-state index contributed by atoms with van der Waals surface area (Å²) in [4.78, 5) is 1.32. The van der Waals surface area contributed by atoms with Crippen molar-refractivity contribution in [2.24, 2.45) is 0 Å². The molecule has 0 bridgehead atoms. The fourth-order valence-electron chi connectivity index (χ4n) is 2.59. The number of thioether (sulfide) groups is 1. The minimum Gasteiger partial charge on any atom is -0.377 e. The van der Waals surface area contributed by atoms with Crippen molar-refractivity contribution in [1.82, 2.24) is 0 Å². The van der Waals surface area contributed by atoms with Crippen molar-refractivity contribution in [3.63, 3.8) is 0 Å². The van der Waals surface area contributed by atoms with Crippen molar-refractivity contribution in [2.75, 3.05) is 11.6 Å². The van der Waals surface area contributed by atoms with Gasteiger partial charge in [-0.25, -0.2) is 0 Å². The molecule has 1 atom stereocenters. The molecule has 92 valence electrons. The minimum atomic E-state index is 0.428. The lowest BCUT2D eigenvalue weighted by Gasteiger charge is -2.12. The molecule has 0 saturated heterocycles. The van der Waals surface area contributed by atoms with Crippen molar-refractivity contribution >= 4 is 17.4 Å². The maximum absolute atomic E-state index is 3.65. The summed E-state index contributed by atoms with van der Waals surface area (Å²) < 4.78 is 0. The van der Waals surface area contributed by atoms with Crippen molar-refractivity contribution in [2.45, 2.75) is 24.3 Å². The lowest BCUT2D eigenvalue weighted by molar-refractivity contribution is 0.823. The van der Waals surface area contributed by atoms with Crippen molar-refractivity contribution < 1.29 is 0 Å². The Hall–Kier alpha value is -1.41. The van der Waals surface area contributed by atoms with Crippen LogP contribution in [0.2, 0.25) is 0 Å². The largest absolute Gasteiger partial charge is 0.377 e. The van der Waals surface area contributed by atoms with E-state index in [1.54, 1.807) is 11.8 Å². The second kappa shape index (κ2) is 4.69. The Bertz CT molecular complexity index is 560. The van der Waals surface area contributed by atoms with E-state index in [1.807, 2.05) is 0 Å². The van der Waals surface area contributed by atoms with Crippen LogP contribution in [0.1, 0.15) is 22.7 Å². The van der Waals surface area contributed by atoms with Crippen LogP contribution >= 0.6 is 11.8 Å². The van der Waals surface area contributed by atoms with Crippen LogP contribution in [0.25, 0.3) is 0 Å². The molecular weight excluding hydrogens is 238 g/mol. The molecule has 0 fully saturated rings. The molecule has 1 aliphatic rings. The number of hydrogen-bond donors (Lipinski definition) is 1. The molecule has 0 aliphatic carbocycles. The highest BCUT2D eigenvalue weighted by atomic mass is 32.2. The van der Waals surface area contributed by atoms with Gasteiger partial charge >= 0.3 is 0 Å². The predicted molar refractivity (Wildman–Crippen MR) is 79.5 cm³/mol. The number of para-hydroxylation sites is 1. The first kappa shape index (κ1) is 11.7. The summed E-state index contributed by atoms with van der Waals surface area (Å²) in [5.74, 6) is 0. The van der Waals surface area contributed by atoms with E-state index < -0.39 is 0 Å². The molecule has 0 aromatic heterocycles. The van der Waals surface area contributed by atoms with Gasteiger partial charge in [0, 0.05) is 10.6 Å². The standard InChI is InChI=1S/C16H17NS/c1-11-4-3-5-13-10-15(17-16(11)13)12-6-8-14(18-2)9-7-12/h3-9,15,17H,10H2,1-2H3. The molecule has 3 rings (SSSR count). The van der Waals surface area contributed by atoms with E-state index >= 15 is 0 Å². The summed E-state index contributed by atoms with van der Waals surface area (Å²) in [7, 11) is 0. The molecule has 1 aliphatic heterocycles. The Balaban J connectivity index is 1.86. The zero-order chi connectivity index (χ0) is 12.5. The fourth-order valence-corrected chi connectivity index (χ4v) is 3.00. The van der Waals surface area contributed by atoms with Crippen LogP contribution in [0.5, 0.6) is 0 Å². The highest BCUT2D eigenvalue weighted by Gasteiger charge is 2.22. The van der Waals surface area contributed by atoms with Gasteiger partial charge in [-0.3, -0.25) is 0 Å². The first-order chi connectivity index (χ1) is 8.78. The van der Waals surface area contributed by atoms with E-state index in [0.29, 0.717) is 6.04 Å². The number of rotatable bonds is 2. The topological polar surface area (TPSA) is 12.0 Å². The predicted octanol–water partition coefficient (Wildman–Crippen LogP) is 4.43. The van der Waals surface area contributed by atoms with Gasteiger partial charge in [-0.05, 0) is 48.4 Å². The van der Waals surface area contributed by atoms with Crippen LogP contribution in [-0.4, -0.2) is 6.26 Å². The van der Waals surface area contributed by atoms with Gasteiger partial charge in [0.15, 0.2) is 0 Å². The number of anilines is 1. The molecule has 2 aromatic carbocycles. The quantitative estimate of drug-likeness (QED) is 0.797. The monoisotopic (exact) mass is 255 g/mol. The second-order valence-electron chi connectivity index (χ2n) is 4.78. The molecule has 2 heteroatoms. The Labute approximate surface area is 113 Å². The summed E-state index contributed by atoms with van der Waals surface area (Å²) in [5.41, 5.74) is 5.49. The smallest absolute Gasteiger partial charge is 0.0555 e. The van der Waals surface area contributed by atoms with Gasteiger partial charge in [-0.1, -0.05) is 30.3 Å². The molecule has 1 N–H and O–H groups in total. The Morgan fingerprint density at radius 3 is 2.56 bits per heavy atom. The van der Waals surface area contributed by atoms with Gasteiger partial charge in [-0.15, -0.1) is 11.8 Å². The highest BCUT2D eigenvalue weighted by molar-refractivity contribution is 7.98. The Morgan fingerprint density at radius 1 is 1.11 bits per heavy atom. The first-order valence-electron chi connectivity index (χ1n) is 6.27. The summed E-state index contributed by atoms with van der Waals surface area (Å²) >= 11 is 1.79. The van der Waals surface area contributed by atoms with Crippen LogP contribution in [0.15, 0.2) is 47.4 Å². The van der Waals surface area contributed by atoms with Crippen LogP contribution in [-0.2, 0) is 6.42 Å². The van der Waals surface area contributed by atoms with Crippen LogP contribution < -0.4 is 5.32 Å². The van der Waals surface area contributed by atoms with E-state index in [-0.39, 0.29) is 0 Å². The molecule has 2 aromatic rings. The Morgan fingerprint density at radius 2 is 1.89 bits per heavy atom. The number of aryl methyl sites for hydroxylation is 1. The van der Waals surface area contributed by atoms with Gasteiger partial charge in [-0.2, -0.15) is 0 Å². The number of benzene rings is 2. The molecule has 0 radical (unpaired) electrons. The van der Waals surface area contributed by atoms with Crippen LogP contribution in [0.4, 0.5) is 5.69 Å². The third-order valence-corrected chi connectivity index (χ3v) is 4.36. The van der Waals surface area contributed by atoms with Gasteiger partial charge < -0.3 is 5.32 Å². The first-order valence-corrected chi connectivity index (χ1v) is 7.49. The molecular formula is C16H17NS. The van der Waals surface area contributed by atoms with Crippen molar-refractivity contribution in [3.8, 4) is 0 Å². The molecule has 0 saturated carbocycles. The van der Waals surface area contributed by atoms with Crippen LogP contribution in [0, 0.1) is 6.92 Å². The minimum absolute atomic E-state index is 0.428. The summed E-state index contributed by atoms with van der Waals surface area (Å²) in [6.07, 6.45) is 3.21. The normalized spacial score (nSPS) is 17.3. The van der Waals surface area contributed by atoms with Gasteiger partial charge in [0.25, 0.3) is 0 Å². The SMILES string of the molecule is CSc1ccc(C2Cc3cccc(C)c3N2)cc1. The van der Waals surface area contributed by atoms with E-state index in [1.165, 1.54) is 27.3 Å². The number of hydrogen-bond acceptors (Lipinski definition) is 2. The third-order valence-electron chi connectivity index (χ3n) is 3.62. The molecule has 18 heavy (non-hydrogen) atoms. The number of nitrogens with one attached hydrogen (secondary N) is 1. The highest BCUT2D eigenvalue weighted by Crippen LogP contribution is 2.36. The fraction of sp³-hybridized carbons (Fsp3) is 0.250. The summed E-state index contributed by atoms with van der Waals surface area (Å²) in [5, 5.41) is 3.65. The van der Waals surface area contributed by atoms with Crippen LogP contribution in [0.3, 0.4) is 0 Å². The van der Waals surface area contributed by atoms with E-state index in [9.17, 15) is 0 Å². The average molecular weight is 255 g/mol. The molecule has 1 unspecified atom stereocenters. The lowest BCUT2D eigenvalue weighted by atomic mass is 10.0. The third kappa shape index (κ3) is 2.01. The molecule has 0 spiro atoms. The zero-order valence-corrected chi connectivity index (χ0v) is 11.6. The Kier molecular flexibility index (Phi) is 3.04. The lowest BCUT2D eigenvalue weighted by Crippen LogP contribution is -2.05. The maximum atomic E-state index is 3.65.